The summed E-state index contributed by atoms with van der Waals surface area (Å²) in [5.74, 6) is 0.827. The van der Waals surface area contributed by atoms with Gasteiger partial charge in [0, 0.05) is 5.92 Å². The smallest absolute Gasteiger partial charge is 0.243 e. The summed E-state index contributed by atoms with van der Waals surface area (Å²) >= 11 is 0. The van der Waals surface area contributed by atoms with Crippen molar-refractivity contribution in [3.05, 3.63) is 24.2 Å². The van der Waals surface area contributed by atoms with Gasteiger partial charge in [-0.05, 0) is 25.0 Å². The highest BCUT2D eigenvalue weighted by atomic mass is 16.3. The monoisotopic (exact) mass is 178 g/mol. The van der Waals surface area contributed by atoms with E-state index in [-0.39, 0.29) is 11.8 Å². The first-order chi connectivity index (χ1) is 6.36. The van der Waals surface area contributed by atoms with Gasteiger partial charge in [-0.3, -0.25) is 4.79 Å². The number of nitrogens with one attached hydrogen (secondary N) is 1. The quantitative estimate of drug-likeness (QED) is 0.557. The predicted molar refractivity (Wildman–Crippen MR) is 47.2 cm³/mol. The van der Waals surface area contributed by atoms with Gasteiger partial charge in [0.2, 0.25) is 5.91 Å². The van der Waals surface area contributed by atoms with Crippen LogP contribution in [0.1, 0.15) is 18.6 Å². The third-order valence-electron chi connectivity index (χ3n) is 1.86. The summed E-state index contributed by atoms with van der Waals surface area (Å²) in [7, 11) is 0. The Balaban J connectivity index is 1.81. The lowest BCUT2D eigenvalue weighted by Crippen LogP contribution is -2.18. The van der Waals surface area contributed by atoms with E-state index >= 15 is 0 Å². The van der Waals surface area contributed by atoms with Crippen LogP contribution in [-0.4, -0.2) is 12.1 Å². The Labute approximate surface area is 75.6 Å². The summed E-state index contributed by atoms with van der Waals surface area (Å²) in [5.41, 5.74) is 2.45. The second-order valence-corrected chi connectivity index (χ2v) is 3.02. The Hall–Kier alpha value is -1.58. The van der Waals surface area contributed by atoms with Crippen molar-refractivity contribution in [2.75, 3.05) is 0 Å². The van der Waals surface area contributed by atoms with Crippen LogP contribution in [0, 0.1) is 5.92 Å². The minimum Gasteiger partial charge on any atom is -0.463 e. The number of carbonyl (C=O) groups is 1. The number of rotatable bonds is 3. The lowest BCUT2D eigenvalue weighted by Gasteiger charge is -1.93. The Morgan fingerprint density at radius 2 is 2.54 bits per heavy atom. The zero-order valence-electron chi connectivity index (χ0n) is 7.06. The van der Waals surface area contributed by atoms with Gasteiger partial charge >= 0.3 is 0 Å². The van der Waals surface area contributed by atoms with E-state index in [0.717, 1.165) is 12.8 Å². The molecule has 0 radical (unpaired) electrons. The number of carbonyl (C=O) groups excluding carboxylic acids is 1. The van der Waals surface area contributed by atoms with E-state index in [1.807, 2.05) is 0 Å². The first-order valence-electron chi connectivity index (χ1n) is 4.22. The van der Waals surface area contributed by atoms with Crippen molar-refractivity contribution in [2.45, 2.75) is 12.8 Å². The number of hydrogen-bond donors (Lipinski definition) is 1. The molecular weight excluding hydrogens is 168 g/mol. The summed E-state index contributed by atoms with van der Waals surface area (Å²) in [6.45, 7) is 0. The van der Waals surface area contributed by atoms with Gasteiger partial charge in [0.05, 0.1) is 12.5 Å². The second-order valence-electron chi connectivity index (χ2n) is 3.02. The maximum absolute atomic E-state index is 11.1. The maximum atomic E-state index is 11.1. The van der Waals surface area contributed by atoms with Crippen molar-refractivity contribution >= 4 is 12.1 Å². The van der Waals surface area contributed by atoms with E-state index in [1.165, 1.54) is 6.21 Å². The minimum absolute atomic E-state index is 0.00260. The van der Waals surface area contributed by atoms with Crippen molar-refractivity contribution in [1.29, 1.82) is 0 Å². The highest BCUT2D eigenvalue weighted by Gasteiger charge is 2.29. The lowest BCUT2D eigenvalue weighted by atomic mass is 10.4. The van der Waals surface area contributed by atoms with Gasteiger partial charge in [-0.1, -0.05) is 0 Å². The summed E-state index contributed by atoms with van der Waals surface area (Å²) < 4.78 is 4.99. The van der Waals surface area contributed by atoms with Crippen LogP contribution in [0.2, 0.25) is 0 Å². The molecule has 1 N–H and O–H groups in total. The van der Waals surface area contributed by atoms with Crippen LogP contribution in [0.5, 0.6) is 0 Å². The molecule has 68 valence electrons. The number of nitrogens with zero attached hydrogens (tertiary/aromatic N) is 1. The molecule has 1 saturated carbocycles. The molecule has 0 bridgehead atoms. The van der Waals surface area contributed by atoms with Crippen molar-refractivity contribution in [3.63, 3.8) is 0 Å². The fourth-order valence-electron chi connectivity index (χ4n) is 0.961. The third-order valence-corrected chi connectivity index (χ3v) is 1.86. The van der Waals surface area contributed by atoms with E-state index in [0.29, 0.717) is 5.76 Å². The first kappa shape index (κ1) is 8.04. The topological polar surface area (TPSA) is 54.6 Å². The molecule has 1 aromatic heterocycles. The van der Waals surface area contributed by atoms with Gasteiger partial charge in [-0.2, -0.15) is 5.10 Å². The Morgan fingerprint density at radius 3 is 3.15 bits per heavy atom. The van der Waals surface area contributed by atoms with Crippen LogP contribution in [0.15, 0.2) is 27.9 Å². The highest BCUT2D eigenvalue weighted by molar-refractivity contribution is 5.83. The van der Waals surface area contributed by atoms with Crippen molar-refractivity contribution in [3.8, 4) is 0 Å². The molecule has 4 nitrogen and oxygen atoms in total. The molecule has 1 fully saturated rings. The maximum Gasteiger partial charge on any atom is 0.243 e. The van der Waals surface area contributed by atoms with E-state index in [9.17, 15) is 4.79 Å². The molecule has 13 heavy (non-hydrogen) atoms. The minimum atomic E-state index is 0.00260. The normalized spacial score (nSPS) is 16.3. The van der Waals surface area contributed by atoms with Crippen LogP contribution < -0.4 is 5.43 Å². The van der Waals surface area contributed by atoms with Gasteiger partial charge in [-0.25, -0.2) is 5.43 Å². The van der Waals surface area contributed by atoms with Crippen LogP contribution >= 0.6 is 0 Å². The summed E-state index contributed by atoms with van der Waals surface area (Å²) in [6, 6.07) is 3.54. The molecule has 0 saturated heterocycles. The molecule has 0 aliphatic heterocycles. The average Bonchev–Trinajstić information content (AvgIpc) is 2.86. The second kappa shape index (κ2) is 3.43. The molecule has 0 atom stereocenters. The van der Waals surface area contributed by atoms with Gasteiger partial charge in [0.1, 0.15) is 5.76 Å². The zero-order valence-corrected chi connectivity index (χ0v) is 7.06. The van der Waals surface area contributed by atoms with Crippen LogP contribution in [0.4, 0.5) is 0 Å². The Bertz CT molecular complexity index is 312. The third kappa shape index (κ3) is 2.18. The highest BCUT2D eigenvalue weighted by Crippen LogP contribution is 2.28. The van der Waals surface area contributed by atoms with E-state index in [4.69, 9.17) is 4.42 Å². The van der Waals surface area contributed by atoms with Crippen molar-refractivity contribution in [1.82, 2.24) is 5.43 Å². The number of amides is 1. The van der Waals surface area contributed by atoms with Crippen LogP contribution in [-0.2, 0) is 4.79 Å². The first-order valence-corrected chi connectivity index (χ1v) is 4.22. The van der Waals surface area contributed by atoms with Gasteiger partial charge in [0.25, 0.3) is 0 Å². The zero-order chi connectivity index (χ0) is 9.10. The SMILES string of the molecule is O=C(N/N=C\c1ccco1)C1CC1. The van der Waals surface area contributed by atoms with E-state index < -0.39 is 0 Å². The number of hydrazone groups is 1. The molecule has 4 heteroatoms. The molecule has 2 rings (SSSR count). The van der Waals surface area contributed by atoms with Crippen LogP contribution in [0.3, 0.4) is 0 Å². The molecule has 1 aliphatic carbocycles. The summed E-state index contributed by atoms with van der Waals surface area (Å²) in [4.78, 5) is 11.1. The van der Waals surface area contributed by atoms with Crippen LogP contribution in [0.25, 0.3) is 0 Å². The molecule has 1 aromatic rings. The Morgan fingerprint density at radius 1 is 1.69 bits per heavy atom. The summed E-state index contributed by atoms with van der Waals surface area (Å²) in [6.07, 6.45) is 5.02. The largest absolute Gasteiger partial charge is 0.463 e. The number of furan rings is 1. The summed E-state index contributed by atoms with van der Waals surface area (Å²) in [5, 5.41) is 3.76. The standard InChI is InChI=1S/C9H10N2O2/c12-9(7-3-4-7)11-10-6-8-2-1-5-13-8/h1-2,5-7H,3-4H2,(H,11,12)/b10-6-. The Kier molecular flexibility index (Phi) is 2.12. The molecule has 1 heterocycles. The molecule has 0 aromatic carbocycles. The van der Waals surface area contributed by atoms with Crippen molar-refractivity contribution < 1.29 is 9.21 Å². The molecule has 0 unspecified atom stereocenters. The van der Waals surface area contributed by atoms with E-state index in [1.54, 1.807) is 18.4 Å². The lowest BCUT2D eigenvalue weighted by molar-refractivity contribution is -0.122. The molecule has 1 amide bonds. The van der Waals surface area contributed by atoms with E-state index in [2.05, 4.69) is 10.5 Å². The number of hydrogen-bond acceptors (Lipinski definition) is 3. The van der Waals surface area contributed by atoms with Gasteiger partial charge in [0.15, 0.2) is 0 Å². The van der Waals surface area contributed by atoms with Crippen molar-refractivity contribution in [2.24, 2.45) is 11.0 Å². The molecule has 0 spiro atoms. The fourth-order valence-corrected chi connectivity index (χ4v) is 0.961. The molecular formula is C9H10N2O2. The van der Waals surface area contributed by atoms with Gasteiger partial charge in [-0.15, -0.1) is 0 Å². The molecule has 1 aliphatic rings. The van der Waals surface area contributed by atoms with Gasteiger partial charge < -0.3 is 4.42 Å². The fraction of sp³-hybridized carbons (Fsp3) is 0.333. The average molecular weight is 178 g/mol. The predicted octanol–water partition coefficient (Wildman–Crippen LogP) is 1.14.